The normalized spacial score (nSPS) is 13.4. The van der Waals surface area contributed by atoms with Crippen LogP contribution in [0.15, 0.2) is 206 Å². The molecule has 0 saturated heterocycles. The number of pyridine rings is 1. The van der Waals surface area contributed by atoms with Gasteiger partial charge < -0.3 is 14.8 Å². The lowest BCUT2D eigenvalue weighted by Gasteiger charge is -2.22. The molecule has 7 aromatic rings. The first kappa shape index (κ1) is 36.1. The molecular formula is C52H46N4. The average molecular weight is 727 g/mol. The van der Waals surface area contributed by atoms with Gasteiger partial charge >= 0.3 is 0 Å². The number of rotatable bonds is 12. The van der Waals surface area contributed by atoms with Crippen LogP contribution in [0.25, 0.3) is 61.0 Å². The van der Waals surface area contributed by atoms with E-state index >= 15 is 0 Å². The second-order valence-corrected chi connectivity index (χ2v) is 13.9. The summed E-state index contributed by atoms with van der Waals surface area (Å²) in [6.07, 6.45) is 21.9. The minimum absolute atomic E-state index is 0.916. The van der Waals surface area contributed by atoms with Gasteiger partial charge in [-0.3, -0.25) is 4.98 Å². The molecule has 2 heterocycles. The summed E-state index contributed by atoms with van der Waals surface area (Å²) in [7, 11) is 1.97. The Bertz CT molecular complexity index is 2640. The number of allylic oxidation sites excluding steroid dienone is 8. The second kappa shape index (κ2) is 16.6. The van der Waals surface area contributed by atoms with Gasteiger partial charge in [-0.15, -0.1) is 0 Å². The molecule has 1 aliphatic rings. The van der Waals surface area contributed by atoms with Gasteiger partial charge in [-0.05, 0) is 96.1 Å². The first-order chi connectivity index (χ1) is 27.7. The smallest absolute Gasteiger partial charge is 0.0701 e. The van der Waals surface area contributed by atoms with E-state index in [0.29, 0.717) is 0 Å². The summed E-state index contributed by atoms with van der Waals surface area (Å²) in [6.45, 7) is 6.18. The maximum absolute atomic E-state index is 4.61. The largest absolute Gasteiger partial charge is 0.388 e. The van der Waals surface area contributed by atoms with Crippen molar-refractivity contribution in [3.8, 4) is 33.5 Å². The molecule has 0 aliphatic heterocycles. The van der Waals surface area contributed by atoms with Crippen molar-refractivity contribution in [3.05, 3.63) is 206 Å². The minimum Gasteiger partial charge on any atom is -0.388 e. The zero-order chi connectivity index (χ0) is 38.3. The highest BCUT2D eigenvalue weighted by Gasteiger charge is 2.22. The quantitative estimate of drug-likeness (QED) is 0.127. The van der Waals surface area contributed by atoms with Crippen molar-refractivity contribution in [1.82, 2.24) is 14.9 Å². The lowest BCUT2D eigenvalue weighted by atomic mass is 9.94. The van der Waals surface area contributed by atoms with Gasteiger partial charge in [0.05, 0.1) is 16.7 Å². The molecule has 0 spiro atoms. The molecule has 56 heavy (non-hydrogen) atoms. The van der Waals surface area contributed by atoms with Crippen molar-refractivity contribution in [3.63, 3.8) is 0 Å². The third-order valence-corrected chi connectivity index (χ3v) is 10.4. The molecule has 0 bridgehead atoms. The summed E-state index contributed by atoms with van der Waals surface area (Å²) in [4.78, 5) is 6.89. The Labute approximate surface area is 330 Å². The number of nitrogens with zero attached hydrogens (tertiary/aromatic N) is 3. The first-order valence-electron chi connectivity index (χ1n) is 19.5. The van der Waals surface area contributed by atoms with Gasteiger partial charge in [-0.1, -0.05) is 135 Å². The standard InChI is InChI=1S/C52H46N4/c1-4-17-40(48(53-3)18-5-2)34-36-55(42-28-26-41(27-29-42)49-25-15-16-35-54-49)44-30-33-50-47(37-44)51-45(38-19-9-6-10-20-38)31-32-46(39-21-11-7-12-22-39)52(51)56(50)43-23-13-8-14-24-43/h4,6-13,15-23,25-37,53H,1,5,14,24H2,2-3H3/b36-34-,40-17+,48-18-. The lowest BCUT2D eigenvalue weighted by Crippen LogP contribution is -2.11. The molecule has 0 amide bonds. The van der Waals surface area contributed by atoms with E-state index in [-0.39, 0.29) is 0 Å². The monoisotopic (exact) mass is 726 g/mol. The Kier molecular flexibility index (Phi) is 10.7. The summed E-state index contributed by atoms with van der Waals surface area (Å²) in [5.74, 6) is 0. The van der Waals surface area contributed by atoms with Gasteiger partial charge in [0.15, 0.2) is 0 Å². The Morgan fingerprint density at radius 2 is 1.52 bits per heavy atom. The van der Waals surface area contributed by atoms with Crippen LogP contribution in [0.5, 0.6) is 0 Å². The van der Waals surface area contributed by atoms with Crippen molar-refractivity contribution in [1.29, 1.82) is 0 Å². The van der Waals surface area contributed by atoms with Crippen LogP contribution in [0, 0.1) is 0 Å². The van der Waals surface area contributed by atoms with E-state index in [9.17, 15) is 0 Å². The SMILES string of the molecule is C=C/C=C(\C=C/N(c1ccc(-c2ccccn2)cc1)c1ccc2c(c1)c1c(-c3ccccc3)ccc(-c3ccccc3)c1n2C1=CC=CCC1)C(=C/CC)/NC. The predicted molar refractivity (Wildman–Crippen MR) is 240 cm³/mol. The van der Waals surface area contributed by atoms with Gasteiger partial charge in [0.2, 0.25) is 0 Å². The lowest BCUT2D eigenvalue weighted by molar-refractivity contribution is 0.979. The maximum Gasteiger partial charge on any atom is 0.0701 e. The number of anilines is 2. The van der Waals surface area contributed by atoms with E-state index in [2.05, 4.69) is 191 Å². The van der Waals surface area contributed by atoms with Crippen LogP contribution in [0.1, 0.15) is 26.2 Å². The minimum atomic E-state index is 0.916. The molecular weight excluding hydrogens is 681 g/mol. The number of aromatic nitrogens is 2. The van der Waals surface area contributed by atoms with Crippen LogP contribution >= 0.6 is 0 Å². The third-order valence-electron chi connectivity index (χ3n) is 10.4. The number of fused-ring (bicyclic) bond motifs is 3. The molecule has 0 radical (unpaired) electrons. The predicted octanol–water partition coefficient (Wildman–Crippen LogP) is 13.7. The Hall–Kier alpha value is -6.91. The van der Waals surface area contributed by atoms with Gasteiger partial charge in [0.1, 0.15) is 0 Å². The molecule has 8 rings (SSSR count). The Balaban J connectivity index is 1.40. The van der Waals surface area contributed by atoms with E-state index in [4.69, 9.17) is 0 Å². The fourth-order valence-corrected chi connectivity index (χ4v) is 7.80. The fourth-order valence-electron chi connectivity index (χ4n) is 7.80. The highest BCUT2D eigenvalue weighted by molar-refractivity contribution is 6.20. The molecule has 0 saturated carbocycles. The molecule has 274 valence electrons. The number of hydrogen-bond acceptors (Lipinski definition) is 3. The van der Waals surface area contributed by atoms with Gasteiger partial charge in [-0.25, -0.2) is 0 Å². The third kappa shape index (κ3) is 7.17. The van der Waals surface area contributed by atoms with Crippen LogP contribution in [-0.4, -0.2) is 16.6 Å². The summed E-state index contributed by atoms with van der Waals surface area (Å²) in [6, 6.07) is 47.9. The molecule has 2 aromatic heterocycles. The van der Waals surface area contributed by atoms with E-state index in [1.165, 1.54) is 49.8 Å². The van der Waals surface area contributed by atoms with E-state index < -0.39 is 0 Å². The van der Waals surface area contributed by atoms with Crippen molar-refractivity contribution in [2.75, 3.05) is 11.9 Å². The molecule has 5 aromatic carbocycles. The van der Waals surface area contributed by atoms with Crippen LogP contribution < -0.4 is 10.2 Å². The number of nitrogens with one attached hydrogen (secondary N) is 1. The molecule has 4 heteroatoms. The van der Waals surface area contributed by atoms with Crippen molar-refractivity contribution in [2.45, 2.75) is 26.2 Å². The second-order valence-electron chi connectivity index (χ2n) is 13.9. The highest BCUT2D eigenvalue weighted by Crippen LogP contribution is 2.45. The van der Waals surface area contributed by atoms with Crippen LogP contribution in [0.4, 0.5) is 11.4 Å². The Morgan fingerprint density at radius 3 is 2.18 bits per heavy atom. The summed E-state index contributed by atoms with van der Waals surface area (Å²) >= 11 is 0. The van der Waals surface area contributed by atoms with Crippen molar-refractivity contribution >= 4 is 38.9 Å². The maximum atomic E-state index is 4.61. The molecule has 0 fully saturated rings. The molecule has 0 atom stereocenters. The van der Waals surface area contributed by atoms with Crippen LogP contribution in [0.3, 0.4) is 0 Å². The summed E-state index contributed by atoms with van der Waals surface area (Å²) in [5.41, 5.74) is 14.8. The van der Waals surface area contributed by atoms with Crippen LogP contribution in [-0.2, 0) is 0 Å². The van der Waals surface area contributed by atoms with Gasteiger partial charge in [0.25, 0.3) is 0 Å². The van der Waals surface area contributed by atoms with Gasteiger partial charge in [-0.2, -0.15) is 0 Å². The topological polar surface area (TPSA) is 33.1 Å². The first-order valence-corrected chi connectivity index (χ1v) is 19.5. The number of hydrogen-bond donors (Lipinski definition) is 1. The average Bonchev–Trinajstić information content (AvgIpc) is 3.61. The molecule has 4 nitrogen and oxygen atoms in total. The van der Waals surface area contributed by atoms with E-state index in [1.807, 2.05) is 37.5 Å². The summed E-state index contributed by atoms with van der Waals surface area (Å²) in [5, 5.41) is 5.84. The zero-order valence-electron chi connectivity index (χ0n) is 32.1. The van der Waals surface area contributed by atoms with E-state index in [0.717, 1.165) is 53.2 Å². The molecule has 1 N–H and O–H groups in total. The van der Waals surface area contributed by atoms with Crippen molar-refractivity contribution < 1.29 is 0 Å². The van der Waals surface area contributed by atoms with Gasteiger partial charge in [0, 0.05) is 64.1 Å². The zero-order valence-corrected chi connectivity index (χ0v) is 32.1. The number of likely N-dealkylation sites (N-methyl/N-ethyl adjacent to an activating group) is 1. The Morgan fingerprint density at radius 1 is 0.804 bits per heavy atom. The summed E-state index contributed by atoms with van der Waals surface area (Å²) < 4.78 is 2.52. The number of benzene rings is 5. The van der Waals surface area contributed by atoms with Crippen LogP contribution in [0.2, 0.25) is 0 Å². The van der Waals surface area contributed by atoms with Crippen molar-refractivity contribution in [2.24, 2.45) is 0 Å². The fraction of sp³-hybridized carbons (Fsp3) is 0.0962. The molecule has 0 unspecified atom stereocenters. The highest BCUT2D eigenvalue weighted by atomic mass is 15.1. The van der Waals surface area contributed by atoms with E-state index in [1.54, 1.807) is 0 Å². The molecule has 1 aliphatic carbocycles.